The Kier molecular flexibility index (Phi) is 4.76. The van der Waals surface area contributed by atoms with Crippen LogP contribution in [0.4, 0.5) is 22.0 Å². The summed E-state index contributed by atoms with van der Waals surface area (Å²) in [6.45, 7) is 0. The van der Waals surface area contributed by atoms with E-state index in [1.807, 2.05) is 0 Å². The summed E-state index contributed by atoms with van der Waals surface area (Å²) in [5, 5.41) is 0. The number of halogens is 7. The minimum absolute atomic E-state index is 0.109. The van der Waals surface area contributed by atoms with Crippen LogP contribution in [0.1, 0.15) is 17.7 Å². The van der Waals surface area contributed by atoms with E-state index in [1.165, 1.54) is 22.6 Å². The fourth-order valence-corrected chi connectivity index (χ4v) is 1.86. The number of ether oxygens (including phenoxy) is 1. The molecule has 9 heteroatoms. The van der Waals surface area contributed by atoms with Crippen molar-refractivity contribution in [1.29, 1.82) is 0 Å². The molecule has 1 rings (SSSR count). The van der Waals surface area contributed by atoms with Gasteiger partial charge in [-0.2, -0.15) is 0 Å². The summed E-state index contributed by atoms with van der Waals surface area (Å²) in [6.07, 6.45) is -7.91. The molecule has 0 aromatic carbocycles. The number of nitrogens with zero attached hydrogens (tertiary/aromatic N) is 1. The molecule has 1 aromatic rings. The Morgan fingerprint density at radius 2 is 2.00 bits per heavy atom. The Labute approximate surface area is 111 Å². The van der Waals surface area contributed by atoms with Crippen LogP contribution in [0.5, 0.6) is 5.75 Å². The van der Waals surface area contributed by atoms with Crippen LogP contribution in [0, 0.1) is 3.70 Å². The number of aromatic nitrogens is 1. The molecule has 17 heavy (non-hydrogen) atoms. The van der Waals surface area contributed by atoms with Crippen LogP contribution in [-0.4, -0.2) is 11.3 Å². The zero-order chi connectivity index (χ0) is 13.2. The molecule has 0 amide bonds. The Balaban J connectivity index is 3.22. The average Bonchev–Trinajstić information content (AvgIpc) is 2.17. The highest BCUT2D eigenvalue weighted by Gasteiger charge is 2.33. The van der Waals surface area contributed by atoms with Gasteiger partial charge < -0.3 is 4.74 Å². The van der Waals surface area contributed by atoms with Crippen molar-refractivity contribution in [3.8, 4) is 5.75 Å². The summed E-state index contributed by atoms with van der Waals surface area (Å²) in [5.74, 6) is -1.17. The second-order valence-electron chi connectivity index (χ2n) is 2.80. The van der Waals surface area contributed by atoms with Crippen LogP contribution in [0.3, 0.4) is 0 Å². The van der Waals surface area contributed by atoms with E-state index in [9.17, 15) is 22.0 Å². The van der Waals surface area contributed by atoms with Gasteiger partial charge in [0.25, 0.3) is 6.43 Å². The fourth-order valence-electron chi connectivity index (χ4n) is 0.984. The van der Waals surface area contributed by atoms with Crippen molar-refractivity contribution in [2.75, 3.05) is 0 Å². The van der Waals surface area contributed by atoms with E-state index in [1.54, 1.807) is 0 Å². The van der Waals surface area contributed by atoms with Crippen molar-refractivity contribution in [2.45, 2.75) is 18.7 Å². The van der Waals surface area contributed by atoms with Crippen molar-refractivity contribution < 1.29 is 26.7 Å². The molecule has 0 saturated carbocycles. The third-order valence-corrected chi connectivity index (χ3v) is 2.75. The minimum Gasteiger partial charge on any atom is -0.404 e. The molecule has 0 saturated heterocycles. The highest BCUT2D eigenvalue weighted by molar-refractivity contribution is 14.1. The molecular formula is C8H4ClF5INO. The van der Waals surface area contributed by atoms with Gasteiger partial charge in [-0.15, -0.1) is 24.8 Å². The lowest BCUT2D eigenvalue weighted by Gasteiger charge is -2.13. The summed E-state index contributed by atoms with van der Waals surface area (Å²) in [4.78, 5) is 3.55. The van der Waals surface area contributed by atoms with Gasteiger partial charge in [-0.1, -0.05) is 0 Å². The fraction of sp³-hybridized carbons (Fsp3) is 0.375. The lowest BCUT2D eigenvalue weighted by molar-refractivity contribution is -0.275. The van der Waals surface area contributed by atoms with Crippen LogP contribution in [-0.2, 0) is 5.88 Å². The molecule has 0 aliphatic heterocycles. The lowest BCUT2D eigenvalue weighted by Crippen LogP contribution is -2.19. The van der Waals surface area contributed by atoms with Gasteiger partial charge in [0.2, 0.25) is 0 Å². The minimum atomic E-state index is -4.98. The topological polar surface area (TPSA) is 22.1 Å². The molecule has 0 aliphatic carbocycles. The Morgan fingerprint density at radius 3 is 2.41 bits per heavy atom. The van der Waals surface area contributed by atoms with E-state index in [0.29, 0.717) is 6.07 Å². The molecule has 0 bridgehead atoms. The van der Waals surface area contributed by atoms with Crippen LogP contribution in [0.25, 0.3) is 0 Å². The van der Waals surface area contributed by atoms with Crippen LogP contribution in [0.15, 0.2) is 6.07 Å². The molecule has 1 heterocycles. The molecule has 0 radical (unpaired) electrons. The van der Waals surface area contributed by atoms with Gasteiger partial charge in [-0.05, 0) is 28.7 Å². The summed E-state index contributed by atoms with van der Waals surface area (Å²) < 4.78 is 64.4. The molecule has 0 fully saturated rings. The van der Waals surface area contributed by atoms with E-state index >= 15 is 0 Å². The monoisotopic (exact) mass is 387 g/mol. The van der Waals surface area contributed by atoms with Gasteiger partial charge in [0, 0.05) is 0 Å². The van der Waals surface area contributed by atoms with E-state index in [-0.39, 0.29) is 15.3 Å². The maximum atomic E-state index is 12.5. The van der Waals surface area contributed by atoms with Gasteiger partial charge in [0.1, 0.15) is 3.70 Å². The van der Waals surface area contributed by atoms with Crippen LogP contribution in [0.2, 0.25) is 0 Å². The quantitative estimate of drug-likeness (QED) is 0.335. The maximum absolute atomic E-state index is 12.5. The molecule has 2 nitrogen and oxygen atoms in total. The number of pyridine rings is 1. The molecule has 96 valence electrons. The third-order valence-electron chi connectivity index (χ3n) is 1.63. The van der Waals surface area contributed by atoms with Gasteiger partial charge in [0.15, 0.2) is 5.75 Å². The van der Waals surface area contributed by atoms with Crippen molar-refractivity contribution in [3.63, 3.8) is 0 Å². The number of hydrogen-bond acceptors (Lipinski definition) is 2. The van der Waals surface area contributed by atoms with E-state index < -0.39 is 24.1 Å². The Bertz CT molecular complexity index is 412. The molecule has 0 aliphatic rings. The standard InChI is InChI=1S/C8H4ClF5INO/c9-2-4-5(17-8(12,13)14)1-3(6(10)11)7(15)16-4/h1,6H,2H2. The first-order valence-electron chi connectivity index (χ1n) is 4.03. The predicted molar refractivity (Wildman–Crippen MR) is 58.2 cm³/mol. The maximum Gasteiger partial charge on any atom is 0.573 e. The second-order valence-corrected chi connectivity index (χ2v) is 4.08. The molecule has 1 aromatic heterocycles. The molecular weight excluding hydrogens is 383 g/mol. The molecule has 0 atom stereocenters. The van der Waals surface area contributed by atoms with Crippen LogP contribution >= 0.6 is 34.2 Å². The number of rotatable bonds is 3. The van der Waals surface area contributed by atoms with Gasteiger partial charge in [0.05, 0.1) is 17.1 Å². The van der Waals surface area contributed by atoms with Crippen LogP contribution < -0.4 is 4.74 Å². The van der Waals surface area contributed by atoms with Crippen molar-refractivity contribution in [1.82, 2.24) is 4.98 Å². The summed E-state index contributed by atoms with van der Waals surface area (Å²) in [5.41, 5.74) is -0.864. The highest BCUT2D eigenvalue weighted by Crippen LogP contribution is 2.32. The molecule has 0 unspecified atom stereocenters. The van der Waals surface area contributed by atoms with Gasteiger partial charge >= 0.3 is 6.36 Å². The second kappa shape index (κ2) is 5.51. The molecule has 0 spiro atoms. The zero-order valence-electron chi connectivity index (χ0n) is 7.86. The first-order valence-corrected chi connectivity index (χ1v) is 5.65. The van der Waals surface area contributed by atoms with E-state index in [4.69, 9.17) is 11.6 Å². The van der Waals surface area contributed by atoms with Crippen molar-refractivity contribution >= 4 is 34.2 Å². The van der Waals surface area contributed by atoms with Crippen molar-refractivity contribution in [3.05, 3.63) is 21.0 Å². The van der Waals surface area contributed by atoms with E-state index in [2.05, 4.69) is 9.72 Å². The molecule has 0 N–H and O–H groups in total. The first kappa shape index (κ1) is 14.7. The Morgan fingerprint density at radius 1 is 1.41 bits per heavy atom. The van der Waals surface area contributed by atoms with Gasteiger partial charge in [-0.25, -0.2) is 13.8 Å². The average molecular weight is 387 g/mol. The summed E-state index contributed by atoms with van der Waals surface area (Å²) >= 11 is 6.86. The summed E-state index contributed by atoms with van der Waals surface area (Å²) in [6, 6.07) is 0.602. The van der Waals surface area contributed by atoms with Gasteiger partial charge in [-0.3, -0.25) is 0 Å². The predicted octanol–water partition coefficient (Wildman–Crippen LogP) is 4.26. The number of alkyl halides is 6. The van der Waals surface area contributed by atoms with Crippen molar-refractivity contribution in [2.24, 2.45) is 0 Å². The van der Waals surface area contributed by atoms with E-state index in [0.717, 1.165) is 0 Å². The number of hydrogen-bond donors (Lipinski definition) is 0. The first-order chi connectivity index (χ1) is 7.74. The normalized spacial score (nSPS) is 12.0. The third kappa shape index (κ3) is 4.09. The summed E-state index contributed by atoms with van der Waals surface area (Å²) in [7, 11) is 0. The Hall–Kier alpha value is -0.380. The zero-order valence-corrected chi connectivity index (χ0v) is 10.8. The lowest BCUT2D eigenvalue weighted by atomic mass is 10.2. The highest BCUT2D eigenvalue weighted by atomic mass is 127. The SMILES string of the molecule is FC(F)c1cc(OC(F)(F)F)c(CCl)nc1I. The largest absolute Gasteiger partial charge is 0.573 e. The smallest absolute Gasteiger partial charge is 0.404 e.